The molecule has 1 unspecified atom stereocenters. The Labute approximate surface area is 156 Å². The lowest BCUT2D eigenvalue weighted by molar-refractivity contribution is -0.136. The Morgan fingerprint density at radius 2 is 2.07 bits per heavy atom. The molecule has 2 fully saturated rings. The van der Waals surface area contributed by atoms with E-state index in [1.165, 1.54) is 0 Å². The summed E-state index contributed by atoms with van der Waals surface area (Å²) in [7, 11) is 0. The Morgan fingerprint density at radius 3 is 2.78 bits per heavy atom. The van der Waals surface area contributed by atoms with E-state index in [1.807, 2.05) is 18.2 Å². The molecule has 0 radical (unpaired) electrons. The van der Waals surface area contributed by atoms with Gasteiger partial charge in [0.15, 0.2) is 0 Å². The number of benzene rings is 1. The topological polar surface area (TPSA) is 105 Å². The summed E-state index contributed by atoms with van der Waals surface area (Å²) in [5, 5.41) is 5.60. The lowest BCUT2D eigenvalue weighted by Crippen LogP contribution is -2.54. The first-order chi connectivity index (χ1) is 12.9. The van der Waals surface area contributed by atoms with E-state index in [0.29, 0.717) is 37.9 Å². The van der Waals surface area contributed by atoms with E-state index in [0.717, 1.165) is 11.1 Å². The van der Waals surface area contributed by atoms with E-state index in [9.17, 15) is 18.8 Å². The van der Waals surface area contributed by atoms with Crippen LogP contribution in [-0.4, -0.2) is 46.9 Å². The molecule has 27 heavy (non-hydrogen) atoms. The van der Waals surface area contributed by atoms with Gasteiger partial charge in [-0.1, -0.05) is 18.2 Å². The van der Waals surface area contributed by atoms with Crippen molar-refractivity contribution in [1.29, 1.82) is 0 Å². The van der Waals surface area contributed by atoms with Gasteiger partial charge in [-0.2, -0.15) is 0 Å². The Balaban J connectivity index is 1.45. The molecule has 1 saturated heterocycles. The number of halogens is 1. The van der Waals surface area contributed by atoms with Crippen molar-refractivity contribution in [3.63, 3.8) is 0 Å². The number of hydrogen-bond donors (Lipinski definition) is 3. The highest BCUT2D eigenvalue weighted by atomic mass is 19.1. The highest BCUT2D eigenvalue weighted by Gasteiger charge is 2.44. The molecule has 1 aliphatic carbocycles. The van der Waals surface area contributed by atoms with Crippen molar-refractivity contribution in [2.24, 2.45) is 5.73 Å². The van der Waals surface area contributed by atoms with Crippen molar-refractivity contribution in [1.82, 2.24) is 15.5 Å². The number of nitrogens with one attached hydrogen (secondary N) is 2. The summed E-state index contributed by atoms with van der Waals surface area (Å²) >= 11 is 0. The van der Waals surface area contributed by atoms with Gasteiger partial charge in [0, 0.05) is 37.7 Å². The third-order valence-corrected chi connectivity index (χ3v) is 5.81. The van der Waals surface area contributed by atoms with Crippen LogP contribution in [0.1, 0.15) is 47.2 Å². The highest BCUT2D eigenvalue weighted by molar-refractivity contribution is 6.05. The van der Waals surface area contributed by atoms with Crippen molar-refractivity contribution < 1.29 is 18.8 Å². The number of carbonyl (C=O) groups is 3. The van der Waals surface area contributed by atoms with E-state index < -0.39 is 17.6 Å². The van der Waals surface area contributed by atoms with E-state index in [2.05, 4.69) is 10.6 Å². The number of rotatable bonds is 5. The van der Waals surface area contributed by atoms with Crippen LogP contribution < -0.4 is 16.4 Å². The van der Waals surface area contributed by atoms with Gasteiger partial charge in [0.1, 0.15) is 11.7 Å². The zero-order valence-corrected chi connectivity index (χ0v) is 15.0. The standard InChI is InChI=1S/C19H23FN4O3/c20-19(10-21)6-13(7-19)22-8-11-2-1-3-12-9-24(18(27)16(11)12)14-4-5-15(25)23-17(14)26/h1-3,13-14,22H,4-10,21H2,(H,23,25,26). The Hall–Kier alpha value is -2.32. The van der Waals surface area contributed by atoms with Gasteiger partial charge < -0.3 is 16.0 Å². The molecule has 1 atom stereocenters. The van der Waals surface area contributed by atoms with Crippen molar-refractivity contribution in [3.8, 4) is 0 Å². The van der Waals surface area contributed by atoms with Gasteiger partial charge in [-0.05, 0) is 30.4 Å². The largest absolute Gasteiger partial charge is 0.328 e. The molecular formula is C19H23FN4O3. The van der Waals surface area contributed by atoms with Crippen molar-refractivity contribution >= 4 is 17.7 Å². The van der Waals surface area contributed by atoms with Crippen LogP contribution in [0, 0.1) is 0 Å². The molecule has 4 rings (SSSR count). The molecule has 8 heteroatoms. The lowest BCUT2D eigenvalue weighted by atomic mass is 9.77. The molecular weight excluding hydrogens is 351 g/mol. The summed E-state index contributed by atoms with van der Waals surface area (Å²) < 4.78 is 13.9. The molecule has 3 amide bonds. The van der Waals surface area contributed by atoms with Crippen LogP contribution in [-0.2, 0) is 22.7 Å². The average Bonchev–Trinajstić information content (AvgIpc) is 2.95. The van der Waals surface area contributed by atoms with Crippen molar-refractivity contribution in [2.45, 2.75) is 56.5 Å². The molecule has 0 spiro atoms. The van der Waals surface area contributed by atoms with Crippen molar-refractivity contribution in [2.75, 3.05) is 6.54 Å². The predicted molar refractivity (Wildman–Crippen MR) is 95.2 cm³/mol. The van der Waals surface area contributed by atoms with E-state index in [1.54, 1.807) is 4.90 Å². The van der Waals surface area contributed by atoms with Crippen LogP contribution in [0.3, 0.4) is 0 Å². The summed E-state index contributed by atoms with van der Waals surface area (Å²) in [5.41, 5.74) is 6.49. The van der Waals surface area contributed by atoms with Crippen LogP contribution in [0.5, 0.6) is 0 Å². The molecule has 3 aliphatic rings. The first-order valence-electron chi connectivity index (χ1n) is 9.28. The van der Waals surface area contributed by atoms with E-state index >= 15 is 0 Å². The van der Waals surface area contributed by atoms with Gasteiger partial charge in [0.2, 0.25) is 11.8 Å². The average molecular weight is 374 g/mol. The van der Waals surface area contributed by atoms with E-state index in [4.69, 9.17) is 5.73 Å². The Bertz CT molecular complexity index is 806. The fourth-order valence-electron chi connectivity index (χ4n) is 4.23. The number of hydrogen-bond acceptors (Lipinski definition) is 5. The molecule has 1 saturated carbocycles. The van der Waals surface area contributed by atoms with Gasteiger partial charge in [-0.15, -0.1) is 0 Å². The first kappa shape index (κ1) is 18.1. The summed E-state index contributed by atoms with van der Waals surface area (Å²) in [6, 6.07) is 5.08. The van der Waals surface area contributed by atoms with Gasteiger partial charge in [0.05, 0.1) is 0 Å². The maximum absolute atomic E-state index is 13.9. The van der Waals surface area contributed by atoms with Crippen LogP contribution in [0.25, 0.3) is 0 Å². The molecule has 1 aromatic carbocycles. The fraction of sp³-hybridized carbons (Fsp3) is 0.526. The van der Waals surface area contributed by atoms with Crippen LogP contribution in [0.15, 0.2) is 18.2 Å². The maximum Gasteiger partial charge on any atom is 0.255 e. The molecule has 4 N–H and O–H groups in total. The molecule has 0 bridgehead atoms. The zero-order chi connectivity index (χ0) is 19.2. The lowest BCUT2D eigenvalue weighted by Gasteiger charge is -2.41. The Kier molecular flexibility index (Phi) is 4.47. The summed E-state index contributed by atoms with van der Waals surface area (Å²) in [6.07, 6.45) is 1.35. The second-order valence-corrected chi connectivity index (χ2v) is 7.69. The number of imide groups is 1. The zero-order valence-electron chi connectivity index (χ0n) is 15.0. The minimum atomic E-state index is -1.27. The molecule has 1 aromatic rings. The monoisotopic (exact) mass is 374 g/mol. The minimum Gasteiger partial charge on any atom is -0.328 e. The smallest absolute Gasteiger partial charge is 0.255 e. The Morgan fingerprint density at radius 1 is 1.30 bits per heavy atom. The number of piperidine rings is 1. The molecule has 144 valence electrons. The third kappa shape index (κ3) is 3.23. The second-order valence-electron chi connectivity index (χ2n) is 7.69. The normalized spacial score (nSPS) is 30.1. The summed E-state index contributed by atoms with van der Waals surface area (Å²) in [5.74, 6) is -0.901. The molecule has 0 aromatic heterocycles. The maximum atomic E-state index is 13.9. The highest BCUT2D eigenvalue weighted by Crippen LogP contribution is 2.36. The number of alkyl halides is 1. The second kappa shape index (κ2) is 6.69. The first-order valence-corrected chi connectivity index (χ1v) is 9.28. The number of amides is 3. The van der Waals surface area contributed by atoms with Gasteiger partial charge >= 0.3 is 0 Å². The number of carbonyl (C=O) groups excluding carboxylic acids is 3. The van der Waals surface area contributed by atoms with Crippen molar-refractivity contribution in [3.05, 3.63) is 34.9 Å². The molecule has 2 aliphatic heterocycles. The van der Waals surface area contributed by atoms with Crippen LogP contribution in [0.2, 0.25) is 0 Å². The number of nitrogens with zero attached hydrogens (tertiary/aromatic N) is 1. The van der Waals surface area contributed by atoms with E-state index in [-0.39, 0.29) is 30.8 Å². The SMILES string of the molecule is NCC1(F)CC(NCc2cccc3c2C(=O)N(C2CCC(=O)NC2=O)C3)C1. The van der Waals surface area contributed by atoms with Crippen LogP contribution >= 0.6 is 0 Å². The van der Waals surface area contributed by atoms with Gasteiger partial charge in [0.25, 0.3) is 5.91 Å². The quantitative estimate of drug-likeness (QED) is 0.646. The predicted octanol–water partition coefficient (Wildman–Crippen LogP) is 0.367. The summed E-state index contributed by atoms with van der Waals surface area (Å²) in [4.78, 5) is 38.0. The number of fused-ring (bicyclic) bond motifs is 1. The third-order valence-electron chi connectivity index (χ3n) is 5.81. The summed E-state index contributed by atoms with van der Waals surface area (Å²) in [6.45, 7) is 0.854. The number of nitrogens with two attached hydrogens (primary N) is 1. The van der Waals surface area contributed by atoms with Gasteiger partial charge in [-0.25, -0.2) is 4.39 Å². The minimum absolute atomic E-state index is 0.0331. The van der Waals surface area contributed by atoms with Gasteiger partial charge in [-0.3, -0.25) is 19.7 Å². The fourth-order valence-corrected chi connectivity index (χ4v) is 4.23. The molecule has 2 heterocycles. The molecule has 7 nitrogen and oxygen atoms in total. The van der Waals surface area contributed by atoms with Crippen LogP contribution in [0.4, 0.5) is 4.39 Å².